The maximum absolute atomic E-state index is 12.0. The summed E-state index contributed by atoms with van der Waals surface area (Å²) >= 11 is 0. The van der Waals surface area contributed by atoms with Gasteiger partial charge in [-0.3, -0.25) is 9.59 Å². The molecule has 2 amide bonds. The lowest BCUT2D eigenvalue weighted by Crippen LogP contribution is -2.14. The highest BCUT2D eigenvalue weighted by Crippen LogP contribution is 2.14. The number of hydrogen-bond acceptors (Lipinski definition) is 4. The van der Waals surface area contributed by atoms with E-state index < -0.39 is 0 Å². The molecular weight excluding hydrogens is 258 g/mol. The molecular formula is C14H15N3O3. The lowest BCUT2D eigenvalue weighted by atomic mass is 10.2. The van der Waals surface area contributed by atoms with Crippen LogP contribution >= 0.6 is 0 Å². The first-order valence-electron chi connectivity index (χ1n) is 6.23. The van der Waals surface area contributed by atoms with Crippen molar-refractivity contribution in [1.29, 1.82) is 0 Å². The predicted molar refractivity (Wildman–Crippen MR) is 74.6 cm³/mol. The highest BCUT2D eigenvalue weighted by atomic mass is 16.5. The van der Waals surface area contributed by atoms with Crippen LogP contribution in [0, 0.1) is 6.92 Å². The molecule has 1 aromatic heterocycles. The van der Waals surface area contributed by atoms with Crippen LogP contribution in [0.4, 0.5) is 11.5 Å². The second kappa shape index (κ2) is 6.01. The number of aryl methyl sites for hydroxylation is 1. The van der Waals surface area contributed by atoms with E-state index in [1.807, 2.05) is 0 Å². The fourth-order valence-corrected chi connectivity index (χ4v) is 1.60. The van der Waals surface area contributed by atoms with Crippen molar-refractivity contribution in [2.24, 2.45) is 0 Å². The highest BCUT2D eigenvalue weighted by molar-refractivity contribution is 6.04. The fourth-order valence-electron chi connectivity index (χ4n) is 1.60. The summed E-state index contributed by atoms with van der Waals surface area (Å²) in [5.74, 6) is 0.556. The Hall–Kier alpha value is -2.63. The summed E-state index contributed by atoms with van der Waals surface area (Å²) in [5, 5.41) is 9.01. The first-order chi connectivity index (χ1) is 9.58. The molecule has 0 radical (unpaired) electrons. The Morgan fingerprint density at radius 1 is 1.25 bits per heavy atom. The van der Waals surface area contributed by atoms with Crippen LogP contribution in [0.3, 0.4) is 0 Å². The van der Waals surface area contributed by atoms with E-state index in [0.29, 0.717) is 29.2 Å². The van der Waals surface area contributed by atoms with Gasteiger partial charge < -0.3 is 15.2 Å². The monoisotopic (exact) mass is 273 g/mol. The van der Waals surface area contributed by atoms with Crippen LogP contribution in [0.1, 0.15) is 29.5 Å². The molecule has 0 aliphatic carbocycles. The van der Waals surface area contributed by atoms with Gasteiger partial charge in [0, 0.05) is 23.7 Å². The summed E-state index contributed by atoms with van der Waals surface area (Å²) in [6, 6.07) is 8.32. The van der Waals surface area contributed by atoms with Gasteiger partial charge in [-0.15, -0.1) is 0 Å². The number of carbonyl (C=O) groups is 2. The molecule has 0 aliphatic rings. The standard InChI is InChI=1S/C14H15N3O3/c1-3-13(18)15-11-6-4-5-10(8-11)14(19)16-12-7-9(2)20-17-12/h4-8H,3H2,1-2H3,(H,15,18)(H,16,17,19). The summed E-state index contributed by atoms with van der Waals surface area (Å²) in [6.45, 7) is 3.50. The van der Waals surface area contributed by atoms with Crippen LogP contribution in [0.5, 0.6) is 0 Å². The van der Waals surface area contributed by atoms with Gasteiger partial charge in [-0.2, -0.15) is 0 Å². The van der Waals surface area contributed by atoms with Crippen molar-refractivity contribution in [2.75, 3.05) is 10.6 Å². The molecule has 0 fully saturated rings. The van der Waals surface area contributed by atoms with Gasteiger partial charge in [0.15, 0.2) is 5.82 Å². The lowest BCUT2D eigenvalue weighted by Gasteiger charge is -2.06. The van der Waals surface area contributed by atoms with E-state index in [0.717, 1.165) is 0 Å². The fraction of sp³-hybridized carbons (Fsp3) is 0.214. The van der Waals surface area contributed by atoms with Crippen molar-refractivity contribution in [3.05, 3.63) is 41.7 Å². The number of anilines is 2. The van der Waals surface area contributed by atoms with Crippen molar-refractivity contribution < 1.29 is 14.1 Å². The van der Waals surface area contributed by atoms with Gasteiger partial charge in [0.1, 0.15) is 5.76 Å². The van der Waals surface area contributed by atoms with Gasteiger partial charge >= 0.3 is 0 Å². The van der Waals surface area contributed by atoms with E-state index in [4.69, 9.17) is 4.52 Å². The maximum Gasteiger partial charge on any atom is 0.256 e. The number of benzene rings is 1. The van der Waals surface area contributed by atoms with E-state index in [9.17, 15) is 9.59 Å². The number of nitrogens with one attached hydrogen (secondary N) is 2. The van der Waals surface area contributed by atoms with Crippen molar-refractivity contribution >= 4 is 23.3 Å². The van der Waals surface area contributed by atoms with Crippen molar-refractivity contribution in [1.82, 2.24) is 5.16 Å². The minimum atomic E-state index is -0.314. The molecule has 2 aromatic rings. The zero-order chi connectivity index (χ0) is 14.5. The van der Waals surface area contributed by atoms with Crippen LogP contribution < -0.4 is 10.6 Å². The molecule has 0 saturated carbocycles. The number of aromatic nitrogens is 1. The largest absolute Gasteiger partial charge is 0.360 e. The van der Waals surface area contributed by atoms with Gasteiger partial charge in [0.2, 0.25) is 5.91 Å². The van der Waals surface area contributed by atoms with Crippen LogP contribution in [-0.2, 0) is 4.79 Å². The molecule has 6 heteroatoms. The zero-order valence-electron chi connectivity index (χ0n) is 11.3. The first kappa shape index (κ1) is 13.8. The van der Waals surface area contributed by atoms with Crippen molar-refractivity contribution in [3.8, 4) is 0 Å². The van der Waals surface area contributed by atoms with Gasteiger partial charge in [0.25, 0.3) is 5.91 Å². The third-order valence-corrected chi connectivity index (χ3v) is 2.60. The molecule has 0 bridgehead atoms. The lowest BCUT2D eigenvalue weighted by molar-refractivity contribution is -0.115. The van der Waals surface area contributed by atoms with E-state index >= 15 is 0 Å². The summed E-state index contributed by atoms with van der Waals surface area (Å²) in [5.41, 5.74) is 1.01. The third-order valence-electron chi connectivity index (χ3n) is 2.60. The summed E-state index contributed by atoms with van der Waals surface area (Å²) in [7, 11) is 0. The Labute approximate surface area is 116 Å². The molecule has 2 rings (SSSR count). The second-order valence-electron chi connectivity index (χ2n) is 4.26. The molecule has 0 aliphatic heterocycles. The smallest absolute Gasteiger partial charge is 0.256 e. The molecule has 20 heavy (non-hydrogen) atoms. The normalized spacial score (nSPS) is 10.1. The predicted octanol–water partition coefficient (Wildman–Crippen LogP) is 2.58. The minimum absolute atomic E-state index is 0.102. The molecule has 1 aromatic carbocycles. The summed E-state index contributed by atoms with van der Waals surface area (Å²) in [6.07, 6.45) is 0.384. The average Bonchev–Trinajstić information content (AvgIpc) is 2.84. The number of rotatable bonds is 4. The number of hydrogen-bond donors (Lipinski definition) is 2. The van der Waals surface area contributed by atoms with E-state index in [2.05, 4.69) is 15.8 Å². The minimum Gasteiger partial charge on any atom is -0.360 e. The van der Waals surface area contributed by atoms with E-state index in [1.165, 1.54) is 0 Å². The molecule has 0 saturated heterocycles. The Morgan fingerprint density at radius 2 is 2.05 bits per heavy atom. The topological polar surface area (TPSA) is 84.2 Å². The number of amides is 2. The van der Waals surface area contributed by atoms with Crippen LogP contribution in [0.15, 0.2) is 34.9 Å². The molecule has 0 unspecified atom stereocenters. The Balaban J connectivity index is 2.10. The summed E-state index contributed by atoms with van der Waals surface area (Å²) in [4.78, 5) is 23.3. The average molecular weight is 273 g/mol. The van der Waals surface area contributed by atoms with Crippen molar-refractivity contribution in [3.63, 3.8) is 0 Å². The quantitative estimate of drug-likeness (QED) is 0.896. The van der Waals surface area contributed by atoms with Gasteiger partial charge in [-0.1, -0.05) is 18.1 Å². The molecule has 0 spiro atoms. The Morgan fingerprint density at radius 3 is 2.70 bits per heavy atom. The first-order valence-corrected chi connectivity index (χ1v) is 6.23. The summed E-state index contributed by atoms with van der Waals surface area (Å²) < 4.78 is 4.87. The SMILES string of the molecule is CCC(=O)Nc1cccc(C(=O)Nc2cc(C)on2)c1. The van der Waals surface area contributed by atoms with E-state index in [-0.39, 0.29) is 11.8 Å². The number of carbonyl (C=O) groups excluding carboxylic acids is 2. The molecule has 6 nitrogen and oxygen atoms in total. The van der Waals surface area contributed by atoms with Crippen LogP contribution in [0.2, 0.25) is 0 Å². The van der Waals surface area contributed by atoms with Gasteiger partial charge in [0.05, 0.1) is 0 Å². The second-order valence-corrected chi connectivity index (χ2v) is 4.26. The molecule has 104 valence electrons. The van der Waals surface area contributed by atoms with Gasteiger partial charge in [-0.25, -0.2) is 0 Å². The molecule has 1 heterocycles. The van der Waals surface area contributed by atoms with Gasteiger partial charge in [-0.05, 0) is 25.1 Å². The van der Waals surface area contributed by atoms with E-state index in [1.54, 1.807) is 44.2 Å². The molecule has 2 N–H and O–H groups in total. The van der Waals surface area contributed by atoms with Crippen LogP contribution in [-0.4, -0.2) is 17.0 Å². The maximum atomic E-state index is 12.0. The zero-order valence-corrected chi connectivity index (χ0v) is 11.3. The Bertz CT molecular complexity index is 634. The highest BCUT2D eigenvalue weighted by Gasteiger charge is 2.10. The van der Waals surface area contributed by atoms with Crippen molar-refractivity contribution in [2.45, 2.75) is 20.3 Å². The van der Waals surface area contributed by atoms with Crippen LogP contribution in [0.25, 0.3) is 0 Å². The number of nitrogens with zero attached hydrogens (tertiary/aromatic N) is 1. The third kappa shape index (κ3) is 3.44. The molecule has 0 atom stereocenters. The Kier molecular flexibility index (Phi) is 4.14.